The van der Waals surface area contributed by atoms with Crippen molar-refractivity contribution in [3.8, 4) is 11.3 Å². The Morgan fingerprint density at radius 3 is 2.74 bits per heavy atom. The van der Waals surface area contributed by atoms with Gasteiger partial charge in [-0.15, -0.1) is 0 Å². The molecule has 3 heteroatoms. The van der Waals surface area contributed by atoms with E-state index in [4.69, 9.17) is 0 Å². The minimum atomic E-state index is 0.665. The van der Waals surface area contributed by atoms with Crippen molar-refractivity contribution in [2.24, 2.45) is 5.92 Å². The van der Waals surface area contributed by atoms with Crippen LogP contribution in [0.2, 0.25) is 0 Å². The summed E-state index contributed by atoms with van der Waals surface area (Å²) in [5.74, 6) is 1.54. The molecule has 0 aliphatic carbocycles. The van der Waals surface area contributed by atoms with Gasteiger partial charge in [-0.05, 0) is 30.9 Å². The summed E-state index contributed by atoms with van der Waals surface area (Å²) in [4.78, 5) is 8.56. The molecule has 2 rings (SSSR count). The molecule has 0 unspecified atom stereocenters. The van der Waals surface area contributed by atoms with Crippen LogP contribution in [0.25, 0.3) is 11.3 Å². The van der Waals surface area contributed by atoms with E-state index in [2.05, 4.69) is 60.3 Å². The Hall–Kier alpha value is -1.90. The number of nitrogens with zero attached hydrogens (tertiary/aromatic N) is 2. The summed E-state index contributed by atoms with van der Waals surface area (Å²) in [5, 5.41) is 3.21. The number of nitrogens with one attached hydrogen (secondary N) is 1. The average molecular weight is 255 g/mol. The molecule has 1 aromatic heterocycles. The zero-order chi connectivity index (χ0) is 13.7. The molecule has 0 spiro atoms. The second-order valence-electron chi connectivity index (χ2n) is 5.12. The van der Waals surface area contributed by atoms with Crippen molar-refractivity contribution in [1.29, 1.82) is 0 Å². The van der Waals surface area contributed by atoms with Crippen molar-refractivity contribution in [2.75, 3.05) is 11.9 Å². The highest BCUT2D eigenvalue weighted by Crippen LogP contribution is 2.21. The molecule has 2 aromatic rings. The topological polar surface area (TPSA) is 37.8 Å². The van der Waals surface area contributed by atoms with Gasteiger partial charge >= 0.3 is 0 Å². The Morgan fingerprint density at radius 2 is 2.00 bits per heavy atom. The SMILES string of the molecule is CCNc1cc(-c2cccc(CC(C)C)c2)ncn1. The summed E-state index contributed by atoms with van der Waals surface area (Å²) >= 11 is 0. The van der Waals surface area contributed by atoms with E-state index in [9.17, 15) is 0 Å². The largest absolute Gasteiger partial charge is 0.370 e. The maximum absolute atomic E-state index is 4.36. The van der Waals surface area contributed by atoms with Crippen LogP contribution in [0.4, 0.5) is 5.82 Å². The van der Waals surface area contributed by atoms with E-state index in [0.717, 1.165) is 30.0 Å². The first-order valence-corrected chi connectivity index (χ1v) is 6.84. The number of hydrogen-bond donors (Lipinski definition) is 1. The molecule has 0 radical (unpaired) electrons. The van der Waals surface area contributed by atoms with Crippen LogP contribution in [-0.4, -0.2) is 16.5 Å². The maximum Gasteiger partial charge on any atom is 0.129 e. The van der Waals surface area contributed by atoms with Crippen LogP contribution in [0.3, 0.4) is 0 Å². The van der Waals surface area contributed by atoms with Gasteiger partial charge in [-0.1, -0.05) is 32.0 Å². The molecule has 0 saturated heterocycles. The van der Waals surface area contributed by atoms with Gasteiger partial charge in [0.25, 0.3) is 0 Å². The molecule has 0 amide bonds. The molecular formula is C16H21N3. The molecule has 0 atom stereocenters. The quantitative estimate of drug-likeness (QED) is 0.883. The normalized spacial score (nSPS) is 10.7. The number of anilines is 1. The van der Waals surface area contributed by atoms with Gasteiger partial charge in [-0.25, -0.2) is 9.97 Å². The highest BCUT2D eigenvalue weighted by molar-refractivity contribution is 5.62. The zero-order valence-electron chi connectivity index (χ0n) is 11.9. The molecule has 0 saturated carbocycles. The van der Waals surface area contributed by atoms with Crippen LogP contribution in [0.1, 0.15) is 26.3 Å². The summed E-state index contributed by atoms with van der Waals surface area (Å²) in [6, 6.07) is 10.6. The first-order valence-electron chi connectivity index (χ1n) is 6.84. The molecule has 100 valence electrons. The van der Waals surface area contributed by atoms with E-state index >= 15 is 0 Å². The van der Waals surface area contributed by atoms with Gasteiger partial charge < -0.3 is 5.32 Å². The highest BCUT2D eigenvalue weighted by Gasteiger charge is 2.04. The van der Waals surface area contributed by atoms with Crippen LogP contribution in [-0.2, 0) is 6.42 Å². The van der Waals surface area contributed by atoms with Gasteiger partial charge in [-0.3, -0.25) is 0 Å². The van der Waals surface area contributed by atoms with Crippen molar-refractivity contribution < 1.29 is 0 Å². The molecule has 19 heavy (non-hydrogen) atoms. The van der Waals surface area contributed by atoms with E-state index in [0.29, 0.717) is 5.92 Å². The fourth-order valence-corrected chi connectivity index (χ4v) is 2.12. The standard InChI is InChI=1S/C16H21N3/c1-4-17-16-10-15(18-11-19-16)14-7-5-6-13(9-14)8-12(2)3/h5-7,9-12H,4,8H2,1-3H3,(H,17,18,19). The third-order valence-corrected chi connectivity index (χ3v) is 2.89. The lowest BCUT2D eigenvalue weighted by atomic mass is 10.00. The van der Waals surface area contributed by atoms with Gasteiger partial charge in [-0.2, -0.15) is 0 Å². The zero-order valence-corrected chi connectivity index (χ0v) is 11.9. The van der Waals surface area contributed by atoms with Gasteiger partial charge in [0.15, 0.2) is 0 Å². The average Bonchev–Trinajstić information content (AvgIpc) is 2.39. The van der Waals surface area contributed by atoms with Crippen molar-refractivity contribution >= 4 is 5.82 Å². The molecule has 0 fully saturated rings. The van der Waals surface area contributed by atoms with Crippen molar-refractivity contribution in [2.45, 2.75) is 27.2 Å². The fraction of sp³-hybridized carbons (Fsp3) is 0.375. The molecule has 0 aliphatic rings. The number of benzene rings is 1. The van der Waals surface area contributed by atoms with E-state index < -0.39 is 0 Å². The lowest BCUT2D eigenvalue weighted by Crippen LogP contribution is -2.00. The van der Waals surface area contributed by atoms with Crippen LogP contribution in [0, 0.1) is 5.92 Å². The second-order valence-corrected chi connectivity index (χ2v) is 5.12. The first kappa shape index (κ1) is 13.5. The van der Waals surface area contributed by atoms with Crippen molar-refractivity contribution in [1.82, 2.24) is 9.97 Å². The van der Waals surface area contributed by atoms with Crippen molar-refractivity contribution in [3.63, 3.8) is 0 Å². The maximum atomic E-state index is 4.36. The Bertz CT molecular complexity index is 535. The first-order chi connectivity index (χ1) is 9.19. The van der Waals surface area contributed by atoms with Crippen LogP contribution in [0.15, 0.2) is 36.7 Å². The number of hydrogen-bond acceptors (Lipinski definition) is 3. The fourth-order valence-electron chi connectivity index (χ4n) is 2.12. The van der Waals surface area contributed by atoms with Crippen LogP contribution >= 0.6 is 0 Å². The van der Waals surface area contributed by atoms with Gasteiger partial charge in [0.2, 0.25) is 0 Å². The van der Waals surface area contributed by atoms with Crippen LogP contribution < -0.4 is 5.32 Å². The second kappa shape index (κ2) is 6.32. The monoisotopic (exact) mass is 255 g/mol. The van der Waals surface area contributed by atoms with Crippen molar-refractivity contribution in [3.05, 3.63) is 42.2 Å². The molecule has 1 N–H and O–H groups in total. The molecular weight excluding hydrogens is 234 g/mol. The predicted octanol–water partition coefficient (Wildman–Crippen LogP) is 3.77. The van der Waals surface area contributed by atoms with E-state index in [1.54, 1.807) is 6.33 Å². The number of aromatic nitrogens is 2. The van der Waals surface area contributed by atoms with E-state index in [-0.39, 0.29) is 0 Å². The van der Waals surface area contributed by atoms with Gasteiger partial charge in [0.1, 0.15) is 12.1 Å². The molecule has 1 aromatic carbocycles. The van der Waals surface area contributed by atoms with E-state index in [1.807, 2.05) is 6.07 Å². The Labute approximate surface area is 115 Å². The Morgan fingerprint density at radius 1 is 1.16 bits per heavy atom. The Kier molecular flexibility index (Phi) is 4.50. The van der Waals surface area contributed by atoms with Crippen LogP contribution in [0.5, 0.6) is 0 Å². The third kappa shape index (κ3) is 3.78. The third-order valence-electron chi connectivity index (χ3n) is 2.89. The predicted molar refractivity (Wildman–Crippen MR) is 80.2 cm³/mol. The highest BCUT2D eigenvalue weighted by atomic mass is 15.0. The lowest BCUT2D eigenvalue weighted by Gasteiger charge is -2.08. The van der Waals surface area contributed by atoms with Gasteiger partial charge in [0.05, 0.1) is 5.69 Å². The molecule has 0 bridgehead atoms. The minimum absolute atomic E-state index is 0.665. The van der Waals surface area contributed by atoms with E-state index in [1.165, 1.54) is 5.56 Å². The van der Waals surface area contributed by atoms with Gasteiger partial charge in [0, 0.05) is 18.2 Å². The summed E-state index contributed by atoms with van der Waals surface area (Å²) in [7, 11) is 0. The summed E-state index contributed by atoms with van der Waals surface area (Å²) < 4.78 is 0. The summed E-state index contributed by atoms with van der Waals surface area (Å²) in [6.07, 6.45) is 2.71. The molecule has 1 heterocycles. The number of rotatable bonds is 5. The summed E-state index contributed by atoms with van der Waals surface area (Å²) in [5.41, 5.74) is 3.48. The molecule has 3 nitrogen and oxygen atoms in total. The minimum Gasteiger partial charge on any atom is -0.370 e. The Balaban J connectivity index is 2.28. The smallest absolute Gasteiger partial charge is 0.129 e. The molecule has 0 aliphatic heterocycles. The summed E-state index contributed by atoms with van der Waals surface area (Å²) in [6.45, 7) is 7.40. The lowest BCUT2D eigenvalue weighted by molar-refractivity contribution is 0.647.